The van der Waals surface area contributed by atoms with E-state index in [1.54, 1.807) is 43.3 Å². The van der Waals surface area contributed by atoms with Crippen LogP contribution in [0.15, 0.2) is 77.4 Å². The molecule has 2 aromatic carbocycles. The molecular weight excluding hydrogens is 728 g/mol. The number of hydrogen-bond donors (Lipinski definition) is 1. The van der Waals surface area contributed by atoms with Crippen molar-refractivity contribution >= 4 is 41.8 Å². The highest BCUT2D eigenvalue weighted by atomic mass is 16.6. The Hall–Kier alpha value is -5.59. The number of benzene rings is 2. The average Bonchev–Trinajstić information content (AvgIpc) is 3.38. The molecule has 2 aromatic rings. The van der Waals surface area contributed by atoms with E-state index in [1.807, 2.05) is 5.94 Å². The Morgan fingerprint density at radius 2 is 1.18 bits per heavy atom. The van der Waals surface area contributed by atoms with Crippen LogP contribution in [0.25, 0.3) is 0 Å². The molecule has 14 nitrogen and oxygen atoms in total. The monoisotopic (exact) mass is 774 g/mol. The third-order valence-corrected chi connectivity index (χ3v) is 11.2. The van der Waals surface area contributed by atoms with Crippen LogP contribution in [0.1, 0.15) is 88.9 Å². The Balaban J connectivity index is 1.98. The number of ether oxygens (including phenoxy) is 6. The van der Waals surface area contributed by atoms with Gasteiger partial charge in [0, 0.05) is 46.5 Å². The van der Waals surface area contributed by atoms with Gasteiger partial charge in [-0.1, -0.05) is 43.3 Å². The summed E-state index contributed by atoms with van der Waals surface area (Å²) >= 11 is 0. The van der Waals surface area contributed by atoms with Crippen molar-refractivity contribution in [2.24, 2.45) is 16.7 Å². The van der Waals surface area contributed by atoms with Crippen molar-refractivity contribution in [3.63, 3.8) is 0 Å². The van der Waals surface area contributed by atoms with Gasteiger partial charge in [0.05, 0.1) is 33.1 Å². The number of aliphatic hydroxyl groups is 1. The minimum absolute atomic E-state index is 0.0733. The molecule has 56 heavy (non-hydrogen) atoms. The van der Waals surface area contributed by atoms with E-state index in [1.165, 1.54) is 52.0 Å². The maximum atomic E-state index is 14.4. The van der Waals surface area contributed by atoms with E-state index >= 15 is 0 Å². The van der Waals surface area contributed by atoms with Crippen molar-refractivity contribution in [1.29, 1.82) is 0 Å². The van der Waals surface area contributed by atoms with Crippen molar-refractivity contribution in [3.05, 3.63) is 88.5 Å². The second-order valence-corrected chi connectivity index (χ2v) is 15.2. The Labute approximate surface area is 324 Å². The number of esters is 6. The summed E-state index contributed by atoms with van der Waals surface area (Å²) in [6, 6.07) is 15.7. The summed E-state index contributed by atoms with van der Waals surface area (Å²) in [5, 5.41) is 12.7. The number of carbonyl (C=O) groups is 6. The molecule has 0 heterocycles. The van der Waals surface area contributed by atoms with Gasteiger partial charge in [-0.25, -0.2) is 14.4 Å². The molecule has 0 amide bonds. The first-order valence-electron chi connectivity index (χ1n) is 18.2. The maximum Gasteiger partial charge on any atom is 0.338 e. The number of rotatable bonds is 9. The summed E-state index contributed by atoms with van der Waals surface area (Å²) in [6.45, 7) is 10.5. The van der Waals surface area contributed by atoms with Crippen molar-refractivity contribution in [1.82, 2.24) is 0 Å². The lowest BCUT2D eigenvalue weighted by Gasteiger charge is -2.55. The fraction of sp³-hybridized carbons (Fsp3) is 0.476. The summed E-state index contributed by atoms with van der Waals surface area (Å²) in [6.07, 6.45) is -9.67. The molecule has 0 radical (unpaired) electrons. The first-order valence-corrected chi connectivity index (χ1v) is 18.2. The van der Waals surface area contributed by atoms with E-state index in [0.717, 1.165) is 20.8 Å². The largest absolute Gasteiger partial charge is 0.462 e. The second kappa shape index (κ2) is 15.9. The van der Waals surface area contributed by atoms with Gasteiger partial charge in [-0.15, -0.1) is 0 Å². The zero-order valence-corrected chi connectivity index (χ0v) is 32.5. The number of fused-ring (bicyclic) bond motifs is 2. The summed E-state index contributed by atoms with van der Waals surface area (Å²) in [4.78, 5) is 93.5. The molecule has 14 heteroatoms. The van der Waals surface area contributed by atoms with Crippen molar-refractivity contribution in [3.8, 4) is 0 Å². The SMILES string of the molecule is CC(=O)O[C@H]1C[C@H](OC(C)=O)[C@@]2(C)[C@@H](OC(C)=O)[C@H](OC(=O)c3ccccc3)C3=C(C)[C@@H](OC(C)=O)C[C@@]3(C(C)(C)O)[C@@H](OC(=O)c3ccccc3)[C@@H]2C1=C=O. The van der Waals surface area contributed by atoms with E-state index in [2.05, 4.69) is 0 Å². The lowest BCUT2D eigenvalue weighted by Crippen LogP contribution is -2.64. The molecule has 0 spiro atoms. The van der Waals surface area contributed by atoms with Gasteiger partial charge in [-0.05, 0) is 56.2 Å². The van der Waals surface area contributed by atoms with Crippen LogP contribution in [-0.2, 0) is 52.4 Å². The molecule has 0 unspecified atom stereocenters. The fourth-order valence-corrected chi connectivity index (χ4v) is 9.00. The van der Waals surface area contributed by atoms with E-state index < -0.39 is 94.8 Å². The van der Waals surface area contributed by atoms with Crippen LogP contribution >= 0.6 is 0 Å². The Bertz CT molecular complexity index is 1970. The third-order valence-electron chi connectivity index (χ3n) is 11.2. The summed E-state index contributed by atoms with van der Waals surface area (Å²) in [5.41, 5.74) is -5.61. The van der Waals surface area contributed by atoms with Gasteiger partial charge in [0.1, 0.15) is 30.4 Å². The van der Waals surface area contributed by atoms with Crippen molar-refractivity contribution in [2.45, 2.75) is 110 Å². The maximum absolute atomic E-state index is 14.4. The molecule has 0 bridgehead atoms. The number of hydrogen-bond acceptors (Lipinski definition) is 14. The van der Waals surface area contributed by atoms with E-state index in [9.17, 15) is 38.7 Å². The first-order chi connectivity index (χ1) is 26.3. The molecule has 2 fully saturated rings. The lowest BCUT2D eigenvalue weighted by molar-refractivity contribution is -0.209. The van der Waals surface area contributed by atoms with Gasteiger partial charge >= 0.3 is 35.8 Å². The summed E-state index contributed by atoms with van der Waals surface area (Å²) in [7, 11) is 0. The van der Waals surface area contributed by atoms with Crippen LogP contribution in [0.3, 0.4) is 0 Å². The van der Waals surface area contributed by atoms with Crippen LogP contribution in [-0.4, -0.2) is 89.1 Å². The molecular formula is C42H46O14. The molecule has 2 saturated carbocycles. The van der Waals surface area contributed by atoms with E-state index in [4.69, 9.17) is 28.4 Å². The second-order valence-electron chi connectivity index (χ2n) is 15.2. The van der Waals surface area contributed by atoms with Crippen LogP contribution in [0, 0.1) is 16.7 Å². The van der Waals surface area contributed by atoms with Gasteiger partial charge in [0.2, 0.25) is 0 Å². The quantitative estimate of drug-likeness (QED) is 0.163. The van der Waals surface area contributed by atoms with Crippen molar-refractivity contribution in [2.75, 3.05) is 0 Å². The number of carbonyl (C=O) groups excluding carboxylic acids is 7. The normalized spacial score (nSPS) is 29.7. The predicted octanol–water partition coefficient (Wildman–Crippen LogP) is 4.44. The molecule has 0 aliphatic heterocycles. The highest BCUT2D eigenvalue weighted by Gasteiger charge is 2.75. The molecule has 3 aliphatic carbocycles. The molecule has 0 aromatic heterocycles. The minimum Gasteiger partial charge on any atom is -0.462 e. The van der Waals surface area contributed by atoms with Crippen LogP contribution < -0.4 is 0 Å². The van der Waals surface area contributed by atoms with Crippen LogP contribution in [0.2, 0.25) is 0 Å². The van der Waals surface area contributed by atoms with E-state index in [0.29, 0.717) is 0 Å². The van der Waals surface area contributed by atoms with Gasteiger partial charge in [-0.3, -0.25) is 19.2 Å². The van der Waals surface area contributed by atoms with Gasteiger partial charge in [0.15, 0.2) is 12.2 Å². The fourth-order valence-electron chi connectivity index (χ4n) is 9.00. The van der Waals surface area contributed by atoms with Crippen LogP contribution in [0.5, 0.6) is 0 Å². The van der Waals surface area contributed by atoms with Crippen molar-refractivity contribution < 1.29 is 67.1 Å². The highest BCUT2D eigenvalue weighted by molar-refractivity contribution is 5.90. The molecule has 9 atom stereocenters. The first kappa shape index (κ1) is 41.6. The average molecular weight is 775 g/mol. The zero-order valence-electron chi connectivity index (χ0n) is 32.5. The van der Waals surface area contributed by atoms with E-state index in [-0.39, 0.29) is 40.7 Å². The predicted molar refractivity (Wildman–Crippen MR) is 195 cm³/mol. The highest BCUT2D eigenvalue weighted by Crippen LogP contribution is 2.66. The smallest absolute Gasteiger partial charge is 0.338 e. The zero-order chi connectivity index (χ0) is 41.3. The third kappa shape index (κ3) is 7.50. The van der Waals surface area contributed by atoms with Crippen LogP contribution in [0.4, 0.5) is 0 Å². The summed E-state index contributed by atoms with van der Waals surface area (Å²) < 4.78 is 36.5. The Morgan fingerprint density at radius 3 is 1.64 bits per heavy atom. The molecule has 1 N–H and O–H groups in total. The standard InChI is InChI=1S/C42H46O14/c1-22-31(52-24(3)45)20-42(40(6,7)50)33(22)35(55-38(48)27-15-11-9-12-16-27)37(54-26(5)47)41(8)32(53-25(4)46)19-30(51-23(2)44)29(21-43)34(41)36(42)56-39(49)28-17-13-10-14-18-28/h9-18,30-32,34-37,50H,19-20H2,1-8H3/t30-,31-,32-,34-,35+,36-,37-,41+,42-/m0/s1. The Kier molecular flexibility index (Phi) is 11.8. The molecule has 298 valence electrons. The lowest BCUT2D eigenvalue weighted by atomic mass is 9.54. The van der Waals surface area contributed by atoms with Gasteiger partial charge < -0.3 is 33.5 Å². The topological polar surface area (TPSA) is 195 Å². The summed E-state index contributed by atoms with van der Waals surface area (Å²) in [5.74, 6) is -4.65. The van der Waals surface area contributed by atoms with Gasteiger partial charge in [0.25, 0.3) is 0 Å². The molecule has 3 aliphatic rings. The Morgan fingerprint density at radius 1 is 0.696 bits per heavy atom. The molecule has 0 saturated heterocycles. The van der Waals surface area contributed by atoms with Gasteiger partial charge in [-0.2, -0.15) is 0 Å². The minimum atomic E-state index is -2.01. The molecule has 5 rings (SSSR count).